The Labute approximate surface area is 607 Å². The molecule has 0 bridgehead atoms. The number of hydrogen-bond donors (Lipinski definition) is 0. The number of fused-ring (bicyclic) bond motifs is 14. The first-order valence-electron chi connectivity index (χ1n) is 36.1. The average molecular weight is 1340 g/mol. The summed E-state index contributed by atoms with van der Waals surface area (Å²) >= 11 is 0. The van der Waals surface area contributed by atoms with Gasteiger partial charge in [0.2, 0.25) is 0 Å². The molecular weight excluding hydrogens is 1280 g/mol. The van der Waals surface area contributed by atoms with Crippen molar-refractivity contribution in [2.24, 2.45) is 0 Å². The van der Waals surface area contributed by atoms with Gasteiger partial charge in [0, 0.05) is 77.8 Å². The van der Waals surface area contributed by atoms with Gasteiger partial charge in [-0.1, -0.05) is 224 Å². The van der Waals surface area contributed by atoms with E-state index < -0.39 is 0 Å². The summed E-state index contributed by atoms with van der Waals surface area (Å²) in [5.41, 5.74) is 25.4. The fourth-order valence-corrected chi connectivity index (χ4v) is 16.8. The minimum atomic E-state index is 0.638. The highest BCUT2D eigenvalue weighted by atomic mass is 16.5. The van der Waals surface area contributed by atoms with Gasteiger partial charge < -0.3 is 32.8 Å². The maximum atomic E-state index is 7.20. The summed E-state index contributed by atoms with van der Waals surface area (Å²) in [7, 11) is 0. The Balaban J connectivity index is 0.724. The van der Waals surface area contributed by atoms with E-state index in [0.29, 0.717) is 6.42 Å². The van der Waals surface area contributed by atoms with Crippen LogP contribution >= 0.6 is 0 Å². The van der Waals surface area contributed by atoms with E-state index in [9.17, 15) is 0 Å². The Hall–Kier alpha value is -13.9. The zero-order valence-electron chi connectivity index (χ0n) is 57.5. The van der Waals surface area contributed by atoms with Crippen molar-refractivity contribution in [3.05, 3.63) is 387 Å². The second-order valence-corrected chi connectivity index (χ2v) is 27.8. The fraction of sp³-hybridized carbons (Fsp3) is 0.0204. The lowest BCUT2D eigenvalue weighted by atomic mass is 9.97. The van der Waals surface area contributed by atoms with Crippen LogP contribution in [0.4, 0.5) is 34.1 Å². The van der Waals surface area contributed by atoms with E-state index in [1.165, 1.54) is 59.4 Å². The lowest BCUT2D eigenvalue weighted by Crippen LogP contribution is -2.16. The van der Waals surface area contributed by atoms with Gasteiger partial charge in [-0.05, 0) is 208 Å². The smallest absolute Gasteiger partial charge is 0.151 e. The van der Waals surface area contributed by atoms with E-state index in [-0.39, 0.29) is 0 Å². The van der Waals surface area contributed by atoms with Crippen molar-refractivity contribution in [3.8, 4) is 56.8 Å². The summed E-state index contributed by atoms with van der Waals surface area (Å²) in [6.45, 7) is 2.14. The Morgan fingerprint density at radius 3 is 1.40 bits per heavy atom. The molecule has 7 heteroatoms. The molecule has 105 heavy (non-hydrogen) atoms. The van der Waals surface area contributed by atoms with E-state index in [1.54, 1.807) is 0 Å². The molecule has 16 aromatic carbocycles. The van der Waals surface area contributed by atoms with Crippen molar-refractivity contribution >= 4 is 121 Å². The van der Waals surface area contributed by atoms with Crippen LogP contribution in [0.3, 0.4) is 0 Å². The van der Waals surface area contributed by atoms with Crippen molar-refractivity contribution in [1.29, 1.82) is 0 Å². The third kappa shape index (κ3) is 9.81. The number of ether oxygens (including phenoxy) is 1. The fourth-order valence-electron chi connectivity index (χ4n) is 16.8. The van der Waals surface area contributed by atoms with Gasteiger partial charge in [-0.3, -0.25) is 0 Å². The predicted octanol–water partition coefficient (Wildman–Crippen LogP) is 26.4. The summed E-state index contributed by atoms with van der Waals surface area (Å²) in [4.78, 5) is 4.79. The first-order valence-corrected chi connectivity index (χ1v) is 36.1. The highest BCUT2D eigenvalue weighted by Gasteiger charge is 2.30. The summed E-state index contributed by atoms with van der Waals surface area (Å²) in [6, 6.07) is 136. The molecule has 1 aliphatic rings. The van der Waals surface area contributed by atoms with Gasteiger partial charge in [-0.25, -0.2) is 0 Å². The predicted molar refractivity (Wildman–Crippen MR) is 438 cm³/mol. The largest absolute Gasteiger partial charge is 0.453 e. The molecule has 20 aromatic rings. The first-order chi connectivity index (χ1) is 52.0. The molecule has 1 aliphatic heterocycles. The molecule has 0 N–H and O–H groups in total. The molecule has 0 spiro atoms. The van der Waals surface area contributed by atoms with Gasteiger partial charge in [-0.15, -0.1) is 0 Å². The van der Waals surface area contributed by atoms with E-state index in [1.807, 2.05) is 0 Å². The molecule has 0 radical (unpaired) electrons. The van der Waals surface area contributed by atoms with Crippen LogP contribution in [0.1, 0.15) is 16.7 Å². The molecule has 5 heterocycles. The Morgan fingerprint density at radius 2 is 0.752 bits per heavy atom. The first kappa shape index (κ1) is 59.9. The third-order valence-electron chi connectivity index (χ3n) is 21.5. The van der Waals surface area contributed by atoms with Gasteiger partial charge in [-0.2, -0.15) is 0 Å². The standard InChI is InChI=1S/C98H66N6O/c1-64-41-53-89-93(55-64)105-94-57-65(42-54-90(94)100(89)78-35-22-36-79(62-78)104-87-39-20-18-37-82(87)84-52-45-72-61-91(68-25-6-2-7-26-68)102(95(72)96(84)104)74-31-10-4-11-32-74)56-73-60-86-83-38-19-21-40-88(83)101(98(86)97-85(73)63-92(69-27-8-3-9-28-69)103(97)75-33-12-5-13-34-75)77-50-48-76(49-51-77)99(80-46-43-66-23-14-16-29-70(66)58-80)81-47-44-67-24-15-17-30-71(67)59-81/h2-55,57-63H,56H2,1H3. The normalized spacial score (nSPS) is 12.1. The van der Waals surface area contributed by atoms with Gasteiger partial charge in [0.1, 0.15) is 0 Å². The van der Waals surface area contributed by atoms with Crippen LogP contribution in [-0.4, -0.2) is 18.3 Å². The van der Waals surface area contributed by atoms with Gasteiger partial charge in [0.25, 0.3) is 0 Å². The summed E-state index contributed by atoms with van der Waals surface area (Å²) < 4.78 is 17.2. The van der Waals surface area contributed by atoms with E-state index in [0.717, 1.165) is 135 Å². The molecule has 0 amide bonds. The molecule has 494 valence electrons. The van der Waals surface area contributed by atoms with Crippen LogP contribution in [0.2, 0.25) is 0 Å². The quantitative estimate of drug-likeness (QED) is 0.122. The van der Waals surface area contributed by atoms with Crippen molar-refractivity contribution in [2.45, 2.75) is 13.3 Å². The molecule has 0 aliphatic carbocycles. The average Bonchev–Trinajstić information content (AvgIpc) is 1.56. The van der Waals surface area contributed by atoms with Crippen LogP contribution in [-0.2, 0) is 6.42 Å². The summed E-state index contributed by atoms with van der Waals surface area (Å²) in [6.07, 6.45) is 0.638. The van der Waals surface area contributed by atoms with Gasteiger partial charge in [0.15, 0.2) is 11.5 Å². The molecule has 0 atom stereocenters. The number of aryl methyl sites for hydroxylation is 1. The van der Waals surface area contributed by atoms with Crippen molar-refractivity contribution in [1.82, 2.24) is 18.3 Å². The minimum absolute atomic E-state index is 0.638. The maximum absolute atomic E-state index is 7.20. The molecule has 21 rings (SSSR count). The number of benzene rings is 16. The monoisotopic (exact) mass is 1340 g/mol. The Bertz CT molecular complexity index is 6770. The zero-order valence-corrected chi connectivity index (χ0v) is 57.5. The molecule has 0 unspecified atom stereocenters. The third-order valence-corrected chi connectivity index (χ3v) is 21.5. The van der Waals surface area contributed by atoms with Crippen molar-refractivity contribution < 1.29 is 4.74 Å². The summed E-state index contributed by atoms with van der Waals surface area (Å²) in [5.74, 6) is 1.61. The van der Waals surface area contributed by atoms with Gasteiger partial charge in [0.05, 0.1) is 55.9 Å². The highest BCUT2D eigenvalue weighted by molar-refractivity contribution is 6.21. The van der Waals surface area contributed by atoms with E-state index >= 15 is 0 Å². The van der Waals surface area contributed by atoms with Gasteiger partial charge >= 0.3 is 0 Å². The molecular formula is C98H66N6O. The van der Waals surface area contributed by atoms with E-state index in [4.69, 9.17) is 4.74 Å². The van der Waals surface area contributed by atoms with E-state index in [2.05, 4.69) is 405 Å². The number of para-hydroxylation sites is 4. The number of rotatable bonds is 12. The topological polar surface area (TPSA) is 35.4 Å². The Morgan fingerprint density at radius 1 is 0.276 bits per heavy atom. The van der Waals surface area contributed by atoms with Crippen LogP contribution in [0.5, 0.6) is 11.5 Å². The Kier molecular flexibility index (Phi) is 13.8. The second-order valence-electron chi connectivity index (χ2n) is 27.8. The lowest BCUT2D eigenvalue weighted by Gasteiger charge is -2.33. The highest BCUT2D eigenvalue weighted by Crippen LogP contribution is 2.53. The maximum Gasteiger partial charge on any atom is 0.151 e. The molecule has 0 saturated carbocycles. The minimum Gasteiger partial charge on any atom is -0.453 e. The number of nitrogens with zero attached hydrogens (tertiary/aromatic N) is 6. The number of aromatic nitrogens is 4. The van der Waals surface area contributed by atoms with Crippen LogP contribution in [0.25, 0.3) is 132 Å². The molecule has 0 fully saturated rings. The van der Waals surface area contributed by atoms with Crippen LogP contribution in [0, 0.1) is 6.92 Å². The van der Waals surface area contributed by atoms with Crippen molar-refractivity contribution in [2.75, 3.05) is 9.80 Å². The van der Waals surface area contributed by atoms with Crippen LogP contribution < -0.4 is 14.5 Å². The molecule has 0 saturated heterocycles. The number of anilines is 6. The summed E-state index contributed by atoms with van der Waals surface area (Å²) in [5, 5.41) is 11.9. The second kappa shape index (κ2) is 24.2. The molecule has 7 nitrogen and oxygen atoms in total. The SMILES string of the molecule is Cc1ccc2c(c1)Oc1cc(Cc3cc4c5ccccc5n(-c5ccc(N(c6ccc7ccccc7c6)c6ccc7ccccc7c6)cc5)c4c4c3cc(-c3ccccc3)n4-c3ccccc3)ccc1N2c1cccc(-n2c3ccccc3c3ccc4cc(-c5ccccc5)n(-c5ccccc5)c4c32)c1. The zero-order chi connectivity index (χ0) is 69.2. The lowest BCUT2D eigenvalue weighted by molar-refractivity contribution is 0.476. The number of hydrogen-bond acceptors (Lipinski definition) is 3. The van der Waals surface area contributed by atoms with Crippen molar-refractivity contribution in [3.63, 3.8) is 0 Å². The van der Waals surface area contributed by atoms with Crippen LogP contribution in [0.15, 0.2) is 370 Å². The molecule has 4 aromatic heterocycles.